The Hall–Kier alpha value is -3.32. The summed E-state index contributed by atoms with van der Waals surface area (Å²) >= 11 is 0.834. The molecule has 7 heteroatoms. The topological polar surface area (TPSA) is 68.6 Å². The van der Waals surface area contributed by atoms with Gasteiger partial charge in [0.05, 0.1) is 12.0 Å². The number of thioether (sulfide) groups is 1. The average Bonchev–Trinajstić information content (AvgIpc) is 3.20. The lowest BCUT2D eigenvalue weighted by Gasteiger charge is -2.09. The van der Waals surface area contributed by atoms with E-state index in [0.717, 1.165) is 33.1 Å². The van der Waals surface area contributed by atoms with Gasteiger partial charge >= 0.3 is 5.97 Å². The predicted octanol–water partition coefficient (Wildman–Crippen LogP) is 4.21. The number of benzene rings is 2. The number of carbonyl (C=O) groups excluding carboxylic acids is 3. The number of imide groups is 1. The first-order valence-corrected chi connectivity index (χ1v) is 10.2. The number of para-hydroxylation sites is 1. The zero-order valence-corrected chi connectivity index (χ0v) is 17.4. The van der Waals surface area contributed by atoms with Crippen LogP contribution in [0.3, 0.4) is 0 Å². The van der Waals surface area contributed by atoms with Crippen LogP contribution in [0.4, 0.5) is 4.79 Å². The van der Waals surface area contributed by atoms with E-state index < -0.39 is 17.1 Å². The van der Waals surface area contributed by atoms with E-state index in [1.165, 1.54) is 18.2 Å². The minimum Gasteiger partial charge on any atom is -0.468 e. The second-order valence-electron chi connectivity index (χ2n) is 7.06. The van der Waals surface area contributed by atoms with E-state index in [1.807, 2.05) is 36.5 Å². The lowest BCUT2D eigenvalue weighted by Crippen LogP contribution is -2.34. The van der Waals surface area contributed by atoms with Crippen molar-refractivity contribution < 1.29 is 19.1 Å². The Bertz CT molecular complexity index is 1190. The Balaban J connectivity index is 1.69. The van der Waals surface area contributed by atoms with Crippen molar-refractivity contribution in [3.63, 3.8) is 0 Å². The Labute approximate surface area is 178 Å². The second-order valence-corrected chi connectivity index (χ2v) is 8.06. The molecule has 1 aromatic heterocycles. The van der Waals surface area contributed by atoms with Crippen molar-refractivity contribution in [2.24, 2.45) is 0 Å². The number of methoxy groups -OCH3 is 1. The van der Waals surface area contributed by atoms with Gasteiger partial charge in [0, 0.05) is 29.2 Å². The predicted molar refractivity (Wildman–Crippen MR) is 117 cm³/mol. The highest BCUT2D eigenvalue weighted by Crippen LogP contribution is 2.34. The summed E-state index contributed by atoms with van der Waals surface area (Å²) in [5, 5.41) is 0.519. The van der Waals surface area contributed by atoms with E-state index in [9.17, 15) is 14.4 Å². The Kier molecular flexibility index (Phi) is 5.46. The van der Waals surface area contributed by atoms with Crippen LogP contribution in [-0.2, 0) is 20.9 Å². The lowest BCUT2D eigenvalue weighted by molar-refractivity contribution is -0.143. The fourth-order valence-electron chi connectivity index (χ4n) is 3.50. The first kappa shape index (κ1) is 20.0. The molecule has 0 unspecified atom stereocenters. The van der Waals surface area contributed by atoms with E-state index in [2.05, 4.69) is 34.4 Å². The van der Waals surface area contributed by atoms with Gasteiger partial charge < -0.3 is 9.30 Å². The minimum absolute atomic E-state index is 0.294. The number of esters is 1. The summed E-state index contributed by atoms with van der Waals surface area (Å²) in [5.41, 5.74) is 4.27. The third-order valence-corrected chi connectivity index (χ3v) is 5.84. The van der Waals surface area contributed by atoms with Gasteiger partial charge in [0.2, 0.25) is 0 Å². The van der Waals surface area contributed by atoms with Crippen molar-refractivity contribution in [1.82, 2.24) is 9.47 Å². The number of carbonyl (C=O) groups is 3. The van der Waals surface area contributed by atoms with Crippen LogP contribution in [0.25, 0.3) is 17.0 Å². The summed E-state index contributed by atoms with van der Waals surface area (Å²) in [6, 6.07) is 16.3. The number of ether oxygens (including phenoxy) is 1. The molecule has 0 aliphatic carbocycles. The number of hydrogen-bond acceptors (Lipinski definition) is 5. The first-order valence-electron chi connectivity index (χ1n) is 9.42. The van der Waals surface area contributed by atoms with Gasteiger partial charge in [-0.3, -0.25) is 19.3 Å². The standard InChI is InChI=1S/C23H20N2O4S/c1-15-6-5-7-16(10-15)12-24-13-17(18-8-3-4-9-19(18)24)11-20-22(27)25(23(28)30-20)14-21(26)29-2/h3-11,13H,12,14H2,1-2H3/b20-11+. The summed E-state index contributed by atoms with van der Waals surface area (Å²) in [5.74, 6) is -1.11. The smallest absolute Gasteiger partial charge is 0.325 e. The summed E-state index contributed by atoms with van der Waals surface area (Å²) < 4.78 is 6.70. The quantitative estimate of drug-likeness (QED) is 0.457. The third kappa shape index (κ3) is 3.89. The molecule has 1 saturated heterocycles. The van der Waals surface area contributed by atoms with Crippen LogP contribution in [0.5, 0.6) is 0 Å². The monoisotopic (exact) mass is 420 g/mol. The van der Waals surface area contributed by atoms with E-state index in [4.69, 9.17) is 0 Å². The molecule has 3 aromatic rings. The highest BCUT2D eigenvalue weighted by Gasteiger charge is 2.36. The molecule has 2 aromatic carbocycles. The van der Waals surface area contributed by atoms with E-state index in [0.29, 0.717) is 11.4 Å². The number of rotatable bonds is 5. The van der Waals surface area contributed by atoms with Gasteiger partial charge in [-0.15, -0.1) is 0 Å². The maximum Gasteiger partial charge on any atom is 0.325 e. The Morgan fingerprint density at radius 3 is 2.70 bits per heavy atom. The number of aromatic nitrogens is 1. The first-order chi connectivity index (χ1) is 14.5. The Morgan fingerprint density at radius 1 is 1.13 bits per heavy atom. The molecule has 1 aliphatic rings. The SMILES string of the molecule is COC(=O)CN1C(=O)S/C(=C/c2cn(Cc3cccc(C)c3)c3ccccc23)C1=O. The number of aryl methyl sites for hydroxylation is 1. The highest BCUT2D eigenvalue weighted by atomic mass is 32.2. The molecule has 0 spiro atoms. The van der Waals surface area contributed by atoms with Crippen molar-refractivity contribution in [3.05, 3.63) is 76.3 Å². The second kappa shape index (κ2) is 8.20. The van der Waals surface area contributed by atoms with Crippen molar-refractivity contribution in [1.29, 1.82) is 0 Å². The molecule has 1 fully saturated rings. The maximum atomic E-state index is 12.6. The molecule has 1 aliphatic heterocycles. The molecule has 0 radical (unpaired) electrons. The van der Waals surface area contributed by atoms with Gasteiger partial charge in [0.15, 0.2) is 0 Å². The summed E-state index contributed by atoms with van der Waals surface area (Å²) in [6.07, 6.45) is 3.71. The highest BCUT2D eigenvalue weighted by molar-refractivity contribution is 8.18. The van der Waals surface area contributed by atoms with Gasteiger partial charge in [-0.2, -0.15) is 0 Å². The zero-order chi connectivity index (χ0) is 21.3. The molecule has 6 nitrogen and oxygen atoms in total. The van der Waals surface area contributed by atoms with Gasteiger partial charge in [0.25, 0.3) is 11.1 Å². The van der Waals surface area contributed by atoms with Crippen LogP contribution < -0.4 is 0 Å². The largest absolute Gasteiger partial charge is 0.468 e. The summed E-state index contributed by atoms with van der Waals surface area (Å²) in [4.78, 5) is 37.5. The summed E-state index contributed by atoms with van der Waals surface area (Å²) in [6.45, 7) is 2.38. The fraction of sp³-hybridized carbons (Fsp3) is 0.174. The van der Waals surface area contributed by atoms with E-state index in [1.54, 1.807) is 6.08 Å². The number of nitrogens with zero attached hydrogens (tertiary/aromatic N) is 2. The van der Waals surface area contributed by atoms with Gasteiger partial charge in [-0.05, 0) is 36.4 Å². The fourth-order valence-corrected chi connectivity index (χ4v) is 4.33. The number of fused-ring (bicyclic) bond motifs is 1. The number of hydrogen-bond donors (Lipinski definition) is 0. The molecule has 4 rings (SSSR count). The summed E-state index contributed by atoms with van der Waals surface area (Å²) in [7, 11) is 1.22. The van der Waals surface area contributed by atoms with Crippen LogP contribution in [-0.4, -0.2) is 40.2 Å². The maximum absolute atomic E-state index is 12.6. The van der Waals surface area contributed by atoms with Crippen molar-refractivity contribution >= 4 is 45.9 Å². The minimum atomic E-state index is -0.631. The lowest BCUT2D eigenvalue weighted by atomic mass is 10.1. The molecule has 0 bridgehead atoms. The van der Waals surface area contributed by atoms with Crippen LogP contribution >= 0.6 is 11.8 Å². The van der Waals surface area contributed by atoms with Crippen molar-refractivity contribution in [2.45, 2.75) is 13.5 Å². The van der Waals surface area contributed by atoms with Gasteiger partial charge in [-0.1, -0.05) is 48.0 Å². The number of amides is 2. The van der Waals surface area contributed by atoms with Gasteiger partial charge in [-0.25, -0.2) is 0 Å². The molecule has 30 heavy (non-hydrogen) atoms. The average molecular weight is 420 g/mol. The normalized spacial score (nSPS) is 15.4. The molecular weight excluding hydrogens is 400 g/mol. The molecule has 152 valence electrons. The van der Waals surface area contributed by atoms with Crippen molar-refractivity contribution in [3.8, 4) is 0 Å². The Morgan fingerprint density at radius 2 is 1.93 bits per heavy atom. The molecule has 0 N–H and O–H groups in total. The van der Waals surface area contributed by atoms with Gasteiger partial charge in [0.1, 0.15) is 6.54 Å². The van der Waals surface area contributed by atoms with Crippen molar-refractivity contribution in [2.75, 3.05) is 13.7 Å². The van der Waals surface area contributed by atoms with Crippen LogP contribution in [0.1, 0.15) is 16.7 Å². The zero-order valence-electron chi connectivity index (χ0n) is 16.6. The van der Waals surface area contributed by atoms with Crippen LogP contribution in [0.15, 0.2) is 59.6 Å². The van der Waals surface area contributed by atoms with E-state index >= 15 is 0 Å². The third-order valence-electron chi connectivity index (χ3n) is 4.93. The molecule has 0 atom stereocenters. The molecule has 2 heterocycles. The van der Waals surface area contributed by atoms with Crippen LogP contribution in [0.2, 0.25) is 0 Å². The molecule has 2 amide bonds. The molecular formula is C23H20N2O4S. The molecule has 0 saturated carbocycles. The van der Waals surface area contributed by atoms with Crippen LogP contribution in [0, 0.1) is 6.92 Å². The van der Waals surface area contributed by atoms with E-state index in [-0.39, 0.29) is 6.54 Å².